The summed E-state index contributed by atoms with van der Waals surface area (Å²) in [5.41, 5.74) is 0.709. The maximum atomic E-state index is 14.9. The van der Waals surface area contributed by atoms with Crippen LogP contribution in [0, 0.1) is 18.3 Å². The van der Waals surface area contributed by atoms with Gasteiger partial charge in [0.05, 0.1) is 18.0 Å². The fourth-order valence-electron chi connectivity index (χ4n) is 3.85. The molecular weight excluding hydrogens is 413 g/mol. The van der Waals surface area contributed by atoms with Gasteiger partial charge in [-0.2, -0.15) is 9.49 Å². The number of ether oxygens (including phenoxy) is 1. The highest BCUT2D eigenvalue weighted by Crippen LogP contribution is 2.36. The average molecular weight is 446 g/mol. The molecule has 1 aromatic carbocycles. The van der Waals surface area contributed by atoms with Crippen LogP contribution >= 0.6 is 0 Å². The third-order valence-corrected chi connectivity index (χ3v) is 5.06. The van der Waals surface area contributed by atoms with Crippen LogP contribution in [-0.2, 0) is 20.9 Å². The summed E-state index contributed by atoms with van der Waals surface area (Å²) in [7, 11) is 0. The number of aromatic nitrogens is 2. The van der Waals surface area contributed by atoms with Crippen LogP contribution in [0.2, 0.25) is 0 Å². The minimum Gasteiger partial charge on any atom is -0.459 e. The molecular formula is C24H32FN3O4. The Balaban J connectivity index is 2.67. The second-order valence-electron chi connectivity index (χ2n) is 8.96. The van der Waals surface area contributed by atoms with Gasteiger partial charge < -0.3 is 4.74 Å². The number of nitrogens with zero attached hydrogens (tertiary/aromatic N) is 3. The number of carbonyl (C=O) groups excluding carboxylic acids is 3. The molecule has 32 heavy (non-hydrogen) atoms. The van der Waals surface area contributed by atoms with E-state index in [1.165, 1.54) is 6.92 Å². The Bertz CT molecular complexity index is 1010. The molecule has 2 aromatic rings. The highest BCUT2D eigenvalue weighted by molar-refractivity contribution is 6.45. The SMILES string of the molecule is CCOC(=O)C(=O)N(C(=O)c1c(C)nn(CC)c1F)c1ccccc1C(C)CC(C)(C)C. The van der Waals surface area contributed by atoms with Crippen LogP contribution in [0.3, 0.4) is 0 Å². The molecule has 2 rings (SSSR count). The number of imide groups is 1. The van der Waals surface area contributed by atoms with Gasteiger partial charge in [0.25, 0.3) is 5.91 Å². The van der Waals surface area contributed by atoms with Crippen molar-refractivity contribution in [3.63, 3.8) is 0 Å². The topological polar surface area (TPSA) is 81.5 Å². The van der Waals surface area contributed by atoms with Crippen molar-refractivity contribution in [1.82, 2.24) is 9.78 Å². The first-order valence-electron chi connectivity index (χ1n) is 10.8. The second-order valence-corrected chi connectivity index (χ2v) is 8.96. The molecule has 7 nitrogen and oxygen atoms in total. The van der Waals surface area contributed by atoms with Gasteiger partial charge in [-0.25, -0.2) is 14.4 Å². The molecule has 1 unspecified atom stereocenters. The van der Waals surface area contributed by atoms with Crippen LogP contribution in [0.4, 0.5) is 10.1 Å². The van der Waals surface area contributed by atoms with E-state index in [0.717, 1.165) is 16.0 Å². The molecule has 1 heterocycles. The van der Waals surface area contributed by atoms with E-state index in [0.29, 0.717) is 5.56 Å². The van der Waals surface area contributed by atoms with Gasteiger partial charge in [0.15, 0.2) is 0 Å². The summed E-state index contributed by atoms with van der Waals surface area (Å²) in [4.78, 5) is 39.7. The van der Waals surface area contributed by atoms with E-state index in [4.69, 9.17) is 4.74 Å². The highest BCUT2D eigenvalue weighted by Gasteiger charge is 2.37. The number of hydrogen-bond donors (Lipinski definition) is 0. The molecule has 1 atom stereocenters. The Hall–Kier alpha value is -3.03. The quantitative estimate of drug-likeness (QED) is 0.478. The van der Waals surface area contributed by atoms with Gasteiger partial charge in [-0.05, 0) is 50.2 Å². The molecule has 1 aromatic heterocycles. The molecule has 0 saturated carbocycles. The fraction of sp³-hybridized carbons (Fsp3) is 0.500. The monoisotopic (exact) mass is 445 g/mol. The molecule has 2 amide bonds. The summed E-state index contributed by atoms with van der Waals surface area (Å²) >= 11 is 0. The van der Waals surface area contributed by atoms with Crippen molar-refractivity contribution in [1.29, 1.82) is 0 Å². The van der Waals surface area contributed by atoms with Gasteiger partial charge >= 0.3 is 11.9 Å². The number of amides is 2. The lowest BCUT2D eigenvalue weighted by Gasteiger charge is -2.28. The zero-order valence-electron chi connectivity index (χ0n) is 19.9. The van der Waals surface area contributed by atoms with Gasteiger partial charge in [0, 0.05) is 6.54 Å². The first-order valence-corrected chi connectivity index (χ1v) is 10.8. The number of carbonyl (C=O) groups is 3. The smallest absolute Gasteiger partial charge is 0.397 e. The van der Waals surface area contributed by atoms with Crippen molar-refractivity contribution in [3.8, 4) is 0 Å². The Labute approximate surface area is 188 Å². The molecule has 0 N–H and O–H groups in total. The minimum absolute atomic E-state index is 0.0164. The number of rotatable bonds is 6. The lowest BCUT2D eigenvalue weighted by atomic mass is 9.82. The number of para-hydroxylation sites is 1. The van der Waals surface area contributed by atoms with E-state index >= 15 is 0 Å². The predicted molar refractivity (Wildman–Crippen MR) is 120 cm³/mol. The Morgan fingerprint density at radius 3 is 2.34 bits per heavy atom. The second kappa shape index (κ2) is 10.1. The zero-order valence-corrected chi connectivity index (χ0v) is 19.9. The van der Waals surface area contributed by atoms with E-state index in [9.17, 15) is 18.8 Å². The summed E-state index contributed by atoms with van der Waals surface area (Å²) < 4.78 is 20.8. The summed E-state index contributed by atoms with van der Waals surface area (Å²) in [6.45, 7) is 13.2. The van der Waals surface area contributed by atoms with Gasteiger partial charge in [-0.3, -0.25) is 9.59 Å². The van der Waals surface area contributed by atoms with Gasteiger partial charge in [-0.1, -0.05) is 45.9 Å². The zero-order chi connectivity index (χ0) is 24.2. The van der Waals surface area contributed by atoms with Crippen LogP contribution in [-0.4, -0.2) is 34.2 Å². The van der Waals surface area contributed by atoms with Crippen LogP contribution in [0.1, 0.15) is 75.5 Å². The van der Waals surface area contributed by atoms with Gasteiger partial charge in [-0.15, -0.1) is 0 Å². The third-order valence-electron chi connectivity index (χ3n) is 5.06. The van der Waals surface area contributed by atoms with Crippen molar-refractivity contribution in [2.24, 2.45) is 5.41 Å². The number of hydrogen-bond acceptors (Lipinski definition) is 5. The maximum absolute atomic E-state index is 14.9. The molecule has 0 bridgehead atoms. The Kier molecular flexibility index (Phi) is 7.93. The van der Waals surface area contributed by atoms with E-state index < -0.39 is 23.7 Å². The number of benzene rings is 1. The number of anilines is 1. The maximum Gasteiger partial charge on any atom is 0.397 e. The highest BCUT2D eigenvalue weighted by atomic mass is 19.1. The summed E-state index contributed by atoms with van der Waals surface area (Å²) in [5.74, 6) is -4.19. The van der Waals surface area contributed by atoms with Crippen molar-refractivity contribution < 1.29 is 23.5 Å². The van der Waals surface area contributed by atoms with Crippen molar-refractivity contribution >= 4 is 23.5 Å². The van der Waals surface area contributed by atoms with Crippen LogP contribution in [0.5, 0.6) is 0 Å². The van der Waals surface area contributed by atoms with E-state index in [2.05, 4.69) is 25.9 Å². The number of esters is 1. The molecule has 0 aliphatic heterocycles. The van der Waals surface area contributed by atoms with Crippen molar-refractivity contribution in [2.75, 3.05) is 11.5 Å². The normalized spacial score (nSPS) is 12.4. The predicted octanol–water partition coefficient (Wildman–Crippen LogP) is 4.63. The summed E-state index contributed by atoms with van der Waals surface area (Å²) in [6, 6.07) is 6.86. The molecule has 8 heteroatoms. The first-order chi connectivity index (χ1) is 14.9. The fourth-order valence-corrected chi connectivity index (χ4v) is 3.85. The molecule has 0 aliphatic carbocycles. The van der Waals surface area contributed by atoms with Crippen LogP contribution < -0.4 is 4.90 Å². The molecule has 0 spiro atoms. The Morgan fingerprint density at radius 1 is 1.19 bits per heavy atom. The Morgan fingerprint density at radius 2 is 1.81 bits per heavy atom. The molecule has 0 saturated heterocycles. The largest absolute Gasteiger partial charge is 0.459 e. The number of halogens is 1. The van der Waals surface area contributed by atoms with E-state index in [1.54, 1.807) is 32.0 Å². The van der Waals surface area contributed by atoms with Crippen LogP contribution in [0.15, 0.2) is 24.3 Å². The average Bonchev–Trinajstić information content (AvgIpc) is 3.00. The lowest BCUT2D eigenvalue weighted by Crippen LogP contribution is -2.43. The standard InChI is InChI=1S/C24H32FN3O4/c1-8-27-20(25)19(16(4)26-27)21(29)28(22(30)23(31)32-9-2)18-13-11-10-12-17(18)15(3)14-24(5,6)7/h10-13,15H,8-9,14H2,1-7H3. The van der Waals surface area contributed by atoms with Gasteiger partial charge in [0.1, 0.15) is 5.56 Å². The molecule has 0 aliphatic rings. The minimum atomic E-state index is -1.18. The molecule has 0 radical (unpaired) electrons. The molecule has 174 valence electrons. The van der Waals surface area contributed by atoms with Crippen molar-refractivity contribution in [2.45, 2.75) is 67.3 Å². The summed E-state index contributed by atoms with van der Waals surface area (Å²) in [6.07, 6.45) is 0.765. The van der Waals surface area contributed by atoms with Gasteiger partial charge in [0.2, 0.25) is 5.95 Å². The van der Waals surface area contributed by atoms with Crippen LogP contribution in [0.25, 0.3) is 0 Å². The third kappa shape index (κ3) is 5.41. The van der Waals surface area contributed by atoms with Crippen molar-refractivity contribution in [3.05, 3.63) is 47.0 Å². The number of aryl methyl sites for hydroxylation is 2. The van der Waals surface area contributed by atoms with E-state index in [-0.39, 0.29) is 41.4 Å². The van der Waals surface area contributed by atoms with E-state index in [1.807, 2.05) is 13.0 Å². The first kappa shape index (κ1) is 25.2. The molecule has 0 fully saturated rings. The summed E-state index contributed by atoms with van der Waals surface area (Å²) in [5, 5.41) is 4.04. The lowest BCUT2D eigenvalue weighted by molar-refractivity contribution is -0.153.